The van der Waals surface area contributed by atoms with E-state index in [2.05, 4.69) is 4.98 Å². The van der Waals surface area contributed by atoms with Crippen molar-refractivity contribution in [3.63, 3.8) is 0 Å². The van der Waals surface area contributed by atoms with Gasteiger partial charge in [0.15, 0.2) is 0 Å². The first-order valence-electron chi connectivity index (χ1n) is 10.2. The average molecular weight is 498 g/mol. The number of hydrogen-bond acceptors (Lipinski definition) is 7. The molecule has 0 N–H and O–H groups in total. The van der Waals surface area contributed by atoms with Crippen molar-refractivity contribution in [1.82, 2.24) is 9.88 Å². The van der Waals surface area contributed by atoms with Gasteiger partial charge < -0.3 is 14.2 Å². The summed E-state index contributed by atoms with van der Waals surface area (Å²) in [7, 11) is 0. The summed E-state index contributed by atoms with van der Waals surface area (Å²) >= 11 is 12.1. The Balaban J connectivity index is 1.43. The van der Waals surface area contributed by atoms with Gasteiger partial charge >= 0.3 is 0 Å². The van der Waals surface area contributed by atoms with Gasteiger partial charge in [0, 0.05) is 49.4 Å². The highest BCUT2D eigenvalue weighted by Gasteiger charge is 2.27. The Morgan fingerprint density at radius 2 is 1.82 bits per heavy atom. The number of oxazole rings is 1. The van der Waals surface area contributed by atoms with Gasteiger partial charge in [-0.05, 0) is 42.0 Å². The number of nitro groups is 1. The molecule has 1 aliphatic rings. The second-order valence-electron chi connectivity index (χ2n) is 7.40. The number of piperazine rings is 1. The van der Waals surface area contributed by atoms with Crippen LogP contribution >= 0.6 is 23.2 Å². The van der Waals surface area contributed by atoms with E-state index in [1.54, 1.807) is 41.3 Å². The molecule has 9 nitrogen and oxygen atoms in total. The minimum atomic E-state index is -0.468. The minimum Gasteiger partial charge on any atom is -0.420 e. The number of amides is 1. The van der Waals surface area contributed by atoms with Crippen molar-refractivity contribution in [3.05, 3.63) is 85.3 Å². The maximum Gasteiger partial charge on any atom is 0.269 e. The van der Waals surface area contributed by atoms with Gasteiger partial charge in [-0.3, -0.25) is 14.9 Å². The van der Waals surface area contributed by atoms with Crippen LogP contribution in [0.3, 0.4) is 0 Å². The molecule has 1 saturated heterocycles. The summed E-state index contributed by atoms with van der Waals surface area (Å²) in [5.74, 6) is 0.380. The van der Waals surface area contributed by atoms with E-state index < -0.39 is 4.92 Å². The number of nitrogens with zero attached hydrogens (tertiary/aromatic N) is 5. The molecule has 0 atom stereocenters. The van der Waals surface area contributed by atoms with Crippen molar-refractivity contribution >= 4 is 52.8 Å². The van der Waals surface area contributed by atoms with Crippen LogP contribution in [0.15, 0.2) is 46.9 Å². The zero-order valence-corrected chi connectivity index (χ0v) is 19.2. The van der Waals surface area contributed by atoms with Crippen molar-refractivity contribution in [2.75, 3.05) is 31.1 Å². The van der Waals surface area contributed by atoms with Crippen molar-refractivity contribution in [2.45, 2.75) is 0 Å². The molecule has 11 heteroatoms. The number of rotatable bonds is 5. The summed E-state index contributed by atoms with van der Waals surface area (Å²) in [6, 6.07) is 12.8. The van der Waals surface area contributed by atoms with E-state index in [1.165, 1.54) is 18.2 Å². The van der Waals surface area contributed by atoms with E-state index in [0.29, 0.717) is 47.7 Å². The Morgan fingerprint density at radius 1 is 1.12 bits per heavy atom. The number of carbonyl (C=O) groups excluding carboxylic acids is 1. The van der Waals surface area contributed by atoms with Gasteiger partial charge in [-0.15, -0.1) is 0 Å². The molecule has 2 heterocycles. The molecule has 0 radical (unpaired) electrons. The number of benzene rings is 2. The van der Waals surface area contributed by atoms with Crippen LogP contribution in [0.4, 0.5) is 11.6 Å². The highest BCUT2D eigenvalue weighted by molar-refractivity contribution is 6.36. The average Bonchev–Trinajstić information content (AvgIpc) is 3.26. The zero-order valence-electron chi connectivity index (χ0n) is 17.6. The van der Waals surface area contributed by atoms with Crippen molar-refractivity contribution in [1.29, 1.82) is 5.26 Å². The molecular weight excluding hydrogens is 481 g/mol. The first-order chi connectivity index (χ1) is 16.4. The first-order valence-corrected chi connectivity index (χ1v) is 10.9. The number of nitriles is 1. The van der Waals surface area contributed by atoms with E-state index in [1.807, 2.05) is 11.0 Å². The lowest BCUT2D eigenvalue weighted by atomic mass is 10.1. The summed E-state index contributed by atoms with van der Waals surface area (Å²) in [5, 5.41) is 21.0. The van der Waals surface area contributed by atoms with Crippen LogP contribution in [-0.4, -0.2) is 46.9 Å². The van der Waals surface area contributed by atoms with Gasteiger partial charge in [0.1, 0.15) is 6.07 Å². The van der Waals surface area contributed by atoms with Gasteiger partial charge in [-0.1, -0.05) is 23.2 Å². The van der Waals surface area contributed by atoms with Crippen molar-refractivity contribution in [2.24, 2.45) is 0 Å². The second-order valence-corrected chi connectivity index (χ2v) is 8.25. The molecule has 1 aromatic heterocycles. The van der Waals surface area contributed by atoms with Gasteiger partial charge in [0.25, 0.3) is 11.6 Å². The third kappa shape index (κ3) is 5.03. The summed E-state index contributed by atoms with van der Waals surface area (Å²) in [4.78, 5) is 30.9. The van der Waals surface area contributed by atoms with Crippen LogP contribution in [0.2, 0.25) is 10.0 Å². The molecule has 0 bridgehead atoms. The SMILES string of the molecule is N#Cc1nc(/C=C/c2ccc([N+](=O)[O-])cc2)oc1N1CCN(C(=O)c2ccc(Cl)cc2Cl)CC1. The number of halogens is 2. The third-order valence-corrected chi connectivity index (χ3v) is 5.82. The molecule has 172 valence electrons. The molecule has 3 aromatic rings. The van der Waals surface area contributed by atoms with Crippen LogP contribution < -0.4 is 4.90 Å². The number of hydrogen-bond donors (Lipinski definition) is 0. The fraction of sp³-hybridized carbons (Fsp3) is 0.174. The number of carbonyl (C=O) groups is 1. The smallest absolute Gasteiger partial charge is 0.269 e. The topological polar surface area (TPSA) is 117 Å². The molecule has 0 spiro atoms. The van der Waals surface area contributed by atoms with Crippen LogP contribution in [0.5, 0.6) is 0 Å². The van der Waals surface area contributed by atoms with Crippen LogP contribution in [0, 0.1) is 21.4 Å². The molecule has 0 saturated carbocycles. The molecule has 4 rings (SSSR count). The maximum absolute atomic E-state index is 12.8. The monoisotopic (exact) mass is 497 g/mol. The highest BCUT2D eigenvalue weighted by atomic mass is 35.5. The molecule has 1 amide bonds. The van der Waals surface area contributed by atoms with Crippen LogP contribution in [0.25, 0.3) is 12.2 Å². The summed E-state index contributed by atoms with van der Waals surface area (Å²) in [6.07, 6.45) is 3.28. The van der Waals surface area contributed by atoms with Crippen LogP contribution in [-0.2, 0) is 0 Å². The number of nitro benzene ring substituents is 1. The van der Waals surface area contributed by atoms with E-state index in [9.17, 15) is 20.2 Å². The lowest BCUT2D eigenvalue weighted by molar-refractivity contribution is -0.384. The molecule has 1 fully saturated rings. The van der Waals surface area contributed by atoms with Gasteiger partial charge in [-0.25, -0.2) is 0 Å². The minimum absolute atomic E-state index is 0.00159. The molecular formula is C23H17Cl2N5O4. The lowest BCUT2D eigenvalue weighted by Gasteiger charge is -2.34. The highest BCUT2D eigenvalue weighted by Crippen LogP contribution is 2.26. The predicted octanol–water partition coefficient (Wildman–Crippen LogP) is 4.89. The predicted molar refractivity (Wildman–Crippen MR) is 128 cm³/mol. The molecule has 34 heavy (non-hydrogen) atoms. The number of anilines is 1. The third-order valence-electron chi connectivity index (χ3n) is 5.27. The zero-order chi connectivity index (χ0) is 24.2. The fourth-order valence-electron chi connectivity index (χ4n) is 3.51. The summed E-state index contributed by atoms with van der Waals surface area (Å²) < 4.78 is 5.80. The van der Waals surface area contributed by atoms with Gasteiger partial charge in [0.05, 0.1) is 15.5 Å². The summed E-state index contributed by atoms with van der Waals surface area (Å²) in [6.45, 7) is 1.73. The van der Waals surface area contributed by atoms with Gasteiger partial charge in [-0.2, -0.15) is 10.2 Å². The largest absolute Gasteiger partial charge is 0.420 e. The van der Waals surface area contributed by atoms with E-state index in [0.717, 1.165) is 5.56 Å². The number of non-ortho nitro benzene ring substituents is 1. The Morgan fingerprint density at radius 3 is 2.44 bits per heavy atom. The van der Waals surface area contributed by atoms with E-state index >= 15 is 0 Å². The Bertz CT molecular complexity index is 1310. The van der Waals surface area contributed by atoms with Crippen molar-refractivity contribution in [3.8, 4) is 6.07 Å². The van der Waals surface area contributed by atoms with Gasteiger partial charge in [0.2, 0.25) is 17.5 Å². The Kier molecular flexibility index (Phi) is 6.82. The maximum atomic E-state index is 12.8. The normalized spacial score (nSPS) is 13.8. The lowest BCUT2D eigenvalue weighted by Crippen LogP contribution is -2.49. The van der Waals surface area contributed by atoms with E-state index in [4.69, 9.17) is 27.6 Å². The first kappa shape index (κ1) is 23.3. The molecule has 1 aliphatic heterocycles. The van der Waals surface area contributed by atoms with E-state index in [-0.39, 0.29) is 23.2 Å². The van der Waals surface area contributed by atoms with Crippen molar-refractivity contribution < 1.29 is 14.1 Å². The van der Waals surface area contributed by atoms with Crippen LogP contribution in [0.1, 0.15) is 27.5 Å². The summed E-state index contributed by atoms with van der Waals surface area (Å²) in [5.41, 5.74) is 1.24. The number of aromatic nitrogens is 1. The standard InChI is InChI=1S/C23H17Cl2N5O4/c24-16-4-7-18(19(25)13-16)22(31)28-9-11-29(12-10-28)23-20(14-26)27-21(34-23)8-3-15-1-5-17(6-2-15)30(32)33/h1-8,13H,9-12H2/b8-3+. The molecule has 0 aliphatic carbocycles. The quantitative estimate of drug-likeness (QED) is 0.363. The second kappa shape index (κ2) is 9.95. The Labute approximate surface area is 204 Å². The molecule has 0 unspecified atom stereocenters. The fourth-order valence-corrected chi connectivity index (χ4v) is 4.00. The molecule has 2 aromatic carbocycles. The Hall–Kier alpha value is -3.87.